The van der Waals surface area contributed by atoms with Crippen LogP contribution in [0.5, 0.6) is 0 Å². The van der Waals surface area contributed by atoms with E-state index >= 15 is 0 Å². The number of benzene rings is 3. The van der Waals surface area contributed by atoms with Gasteiger partial charge >= 0.3 is 6.18 Å². The Balaban J connectivity index is 1.42. The van der Waals surface area contributed by atoms with E-state index in [-0.39, 0.29) is 23.2 Å². The van der Waals surface area contributed by atoms with Crippen LogP contribution >= 0.6 is 0 Å². The molecule has 0 aliphatic carbocycles. The second kappa shape index (κ2) is 10.3. The summed E-state index contributed by atoms with van der Waals surface area (Å²) in [4.78, 5) is 34.6. The molecule has 3 aromatic carbocycles. The Labute approximate surface area is 227 Å². The number of rotatable bonds is 6. The Morgan fingerprint density at radius 1 is 0.975 bits per heavy atom. The SMILES string of the molecule is Cc1cn(-c2cc(CC(=O)c3ccc(C)c(NC(=O)c4cccc5c(N)nccc45)c3)cc(C(F)(F)F)c2)cn1. The number of nitrogens with zero attached hydrogens (tertiary/aromatic N) is 3. The number of amides is 1. The van der Waals surface area contributed by atoms with Crippen molar-refractivity contribution in [2.75, 3.05) is 11.1 Å². The third kappa shape index (κ3) is 5.42. The molecular weight excluding hydrogens is 519 g/mol. The zero-order chi connectivity index (χ0) is 28.6. The summed E-state index contributed by atoms with van der Waals surface area (Å²) >= 11 is 0. The number of carbonyl (C=O) groups excluding carboxylic acids is 2. The molecule has 0 radical (unpaired) electrons. The molecule has 0 saturated carbocycles. The first kappa shape index (κ1) is 26.6. The van der Waals surface area contributed by atoms with Crippen molar-refractivity contribution in [1.82, 2.24) is 14.5 Å². The van der Waals surface area contributed by atoms with Gasteiger partial charge in [-0.25, -0.2) is 9.97 Å². The number of halogens is 3. The number of nitrogens with two attached hydrogens (primary N) is 1. The first-order chi connectivity index (χ1) is 19.0. The van der Waals surface area contributed by atoms with E-state index in [0.29, 0.717) is 39.1 Å². The van der Waals surface area contributed by atoms with Gasteiger partial charge in [-0.05, 0) is 66.8 Å². The molecule has 0 atom stereocenters. The maximum absolute atomic E-state index is 13.6. The normalized spacial score (nSPS) is 11.5. The highest BCUT2D eigenvalue weighted by atomic mass is 19.4. The van der Waals surface area contributed by atoms with E-state index in [2.05, 4.69) is 15.3 Å². The molecule has 3 N–H and O–H groups in total. The number of Topliss-reactive ketones (excluding diaryl/α,β-unsaturated/α-hetero) is 1. The van der Waals surface area contributed by atoms with Crippen LogP contribution in [0.25, 0.3) is 16.5 Å². The average Bonchev–Trinajstić information content (AvgIpc) is 3.35. The van der Waals surface area contributed by atoms with Gasteiger partial charge in [0.15, 0.2) is 5.78 Å². The number of pyridine rings is 1. The summed E-state index contributed by atoms with van der Waals surface area (Å²) in [6, 6.07) is 15.2. The summed E-state index contributed by atoms with van der Waals surface area (Å²) in [6.07, 6.45) is -0.307. The number of anilines is 2. The van der Waals surface area contributed by atoms with Gasteiger partial charge in [-0.15, -0.1) is 0 Å². The van der Waals surface area contributed by atoms with Crippen LogP contribution in [0.4, 0.5) is 24.7 Å². The lowest BCUT2D eigenvalue weighted by Gasteiger charge is -2.14. The standard InChI is InChI=1S/C30H24F3N5O2/c1-17-6-7-20(13-26(17)37-29(40)25-5-3-4-24-23(25)8-9-35-28(24)34)27(39)12-19-10-21(30(31,32)33)14-22(11-19)38-15-18(2)36-16-38/h3-11,13-16H,12H2,1-2H3,(H2,34,35)(H,37,40). The molecule has 5 rings (SSSR count). The van der Waals surface area contributed by atoms with Gasteiger partial charge in [-0.3, -0.25) is 9.59 Å². The number of alkyl halides is 3. The second-order valence-corrected chi connectivity index (χ2v) is 9.49. The van der Waals surface area contributed by atoms with Crippen LogP contribution in [0.2, 0.25) is 0 Å². The zero-order valence-electron chi connectivity index (χ0n) is 21.6. The van der Waals surface area contributed by atoms with E-state index in [1.807, 2.05) is 0 Å². The van der Waals surface area contributed by atoms with Crippen molar-refractivity contribution in [3.05, 3.63) is 113 Å². The molecule has 202 valence electrons. The molecule has 0 aliphatic rings. The number of ketones is 1. The van der Waals surface area contributed by atoms with Gasteiger partial charge in [0.25, 0.3) is 5.91 Å². The first-order valence-electron chi connectivity index (χ1n) is 12.3. The summed E-state index contributed by atoms with van der Waals surface area (Å²) in [5, 5.41) is 4.12. The van der Waals surface area contributed by atoms with Crippen molar-refractivity contribution >= 4 is 34.0 Å². The van der Waals surface area contributed by atoms with Crippen molar-refractivity contribution in [2.45, 2.75) is 26.4 Å². The van der Waals surface area contributed by atoms with Gasteiger partial charge in [0.2, 0.25) is 0 Å². The summed E-state index contributed by atoms with van der Waals surface area (Å²) in [7, 11) is 0. The number of hydrogen-bond acceptors (Lipinski definition) is 5. The number of nitrogens with one attached hydrogen (secondary N) is 1. The third-order valence-electron chi connectivity index (χ3n) is 6.57. The fourth-order valence-electron chi connectivity index (χ4n) is 4.49. The molecule has 0 aliphatic heterocycles. The van der Waals surface area contributed by atoms with Crippen molar-refractivity contribution in [3.63, 3.8) is 0 Å². The predicted octanol–water partition coefficient (Wildman–Crippen LogP) is 6.32. The highest BCUT2D eigenvalue weighted by Gasteiger charge is 2.31. The minimum Gasteiger partial charge on any atom is -0.383 e. The molecule has 2 aromatic heterocycles. The molecule has 0 unspecified atom stereocenters. The molecular formula is C30H24F3N5O2. The van der Waals surface area contributed by atoms with E-state index in [9.17, 15) is 22.8 Å². The minimum absolute atomic E-state index is 0.203. The fourth-order valence-corrected chi connectivity index (χ4v) is 4.49. The highest BCUT2D eigenvalue weighted by molar-refractivity contribution is 6.14. The van der Waals surface area contributed by atoms with E-state index in [1.54, 1.807) is 56.4 Å². The zero-order valence-corrected chi connectivity index (χ0v) is 21.6. The second-order valence-electron chi connectivity index (χ2n) is 9.49. The summed E-state index contributed by atoms with van der Waals surface area (Å²) < 4.78 is 42.4. The monoisotopic (exact) mass is 543 g/mol. The molecule has 1 amide bonds. The van der Waals surface area contributed by atoms with Gasteiger partial charge in [0.05, 0.1) is 17.6 Å². The molecule has 2 heterocycles. The number of aromatic nitrogens is 3. The molecule has 0 saturated heterocycles. The van der Waals surface area contributed by atoms with Crippen LogP contribution in [0, 0.1) is 13.8 Å². The molecule has 0 fully saturated rings. The Kier molecular flexibility index (Phi) is 6.85. The maximum Gasteiger partial charge on any atom is 0.416 e. The summed E-state index contributed by atoms with van der Waals surface area (Å²) in [6.45, 7) is 3.51. The molecule has 5 aromatic rings. The van der Waals surface area contributed by atoms with Crippen LogP contribution in [-0.4, -0.2) is 26.2 Å². The quantitative estimate of drug-likeness (QED) is 0.244. The largest absolute Gasteiger partial charge is 0.416 e. The lowest BCUT2D eigenvalue weighted by molar-refractivity contribution is -0.137. The topological polar surface area (TPSA) is 103 Å². The Morgan fingerprint density at radius 2 is 1.77 bits per heavy atom. The Bertz CT molecular complexity index is 1780. The van der Waals surface area contributed by atoms with Crippen LogP contribution in [0.3, 0.4) is 0 Å². The molecule has 10 heteroatoms. The van der Waals surface area contributed by atoms with Crippen LogP contribution < -0.4 is 11.1 Å². The number of carbonyl (C=O) groups is 2. The van der Waals surface area contributed by atoms with E-state index in [4.69, 9.17) is 5.73 Å². The fraction of sp³-hybridized carbons (Fsp3) is 0.133. The third-order valence-corrected chi connectivity index (χ3v) is 6.57. The number of imidazole rings is 1. The smallest absolute Gasteiger partial charge is 0.383 e. The first-order valence-corrected chi connectivity index (χ1v) is 12.3. The van der Waals surface area contributed by atoms with Gasteiger partial charge in [-0.1, -0.05) is 24.3 Å². The van der Waals surface area contributed by atoms with Gasteiger partial charge in [0, 0.05) is 46.7 Å². The summed E-state index contributed by atoms with van der Waals surface area (Å²) in [5.41, 5.74) is 7.95. The van der Waals surface area contributed by atoms with Crippen LogP contribution in [-0.2, 0) is 12.6 Å². The van der Waals surface area contributed by atoms with Crippen LogP contribution in [0.1, 0.15) is 43.1 Å². The highest BCUT2D eigenvalue weighted by Crippen LogP contribution is 2.32. The van der Waals surface area contributed by atoms with Gasteiger partial charge < -0.3 is 15.6 Å². The predicted molar refractivity (Wildman–Crippen MR) is 147 cm³/mol. The molecule has 0 spiro atoms. The Hall–Kier alpha value is -4.99. The van der Waals surface area contributed by atoms with E-state index in [1.165, 1.54) is 29.2 Å². The van der Waals surface area contributed by atoms with Crippen molar-refractivity contribution in [3.8, 4) is 5.69 Å². The minimum atomic E-state index is -4.59. The van der Waals surface area contributed by atoms with E-state index in [0.717, 1.165) is 12.1 Å². The van der Waals surface area contributed by atoms with Crippen molar-refractivity contribution in [2.24, 2.45) is 0 Å². The summed E-state index contributed by atoms with van der Waals surface area (Å²) in [5.74, 6) is -0.495. The molecule has 0 bridgehead atoms. The van der Waals surface area contributed by atoms with Crippen LogP contribution in [0.15, 0.2) is 79.4 Å². The molecule has 40 heavy (non-hydrogen) atoms. The van der Waals surface area contributed by atoms with Crippen molar-refractivity contribution < 1.29 is 22.8 Å². The van der Waals surface area contributed by atoms with Gasteiger partial charge in [-0.2, -0.15) is 13.2 Å². The molecule has 7 nitrogen and oxygen atoms in total. The van der Waals surface area contributed by atoms with Crippen molar-refractivity contribution in [1.29, 1.82) is 0 Å². The number of nitrogen functional groups attached to an aromatic ring is 1. The van der Waals surface area contributed by atoms with E-state index < -0.39 is 23.4 Å². The Morgan fingerprint density at radius 3 is 2.50 bits per heavy atom. The average molecular weight is 544 g/mol. The number of hydrogen-bond donors (Lipinski definition) is 2. The van der Waals surface area contributed by atoms with Gasteiger partial charge in [0.1, 0.15) is 5.82 Å². The lowest BCUT2D eigenvalue weighted by atomic mass is 9.98. The number of aryl methyl sites for hydroxylation is 2. The number of fused-ring (bicyclic) bond motifs is 1. The maximum atomic E-state index is 13.6. The lowest BCUT2D eigenvalue weighted by Crippen LogP contribution is -2.14.